The Morgan fingerprint density at radius 3 is 0.772 bits per heavy atom. The zero-order valence-corrected chi connectivity index (χ0v) is 57.2. The van der Waals surface area contributed by atoms with Gasteiger partial charge < -0.3 is 19.6 Å². The summed E-state index contributed by atoms with van der Waals surface area (Å²) in [4.78, 5) is 53.7. The first-order valence-corrected chi connectivity index (χ1v) is 30.8. The second-order valence-electron chi connectivity index (χ2n) is 21.3. The van der Waals surface area contributed by atoms with Gasteiger partial charge in [0.25, 0.3) is 0 Å². The van der Waals surface area contributed by atoms with Crippen LogP contribution < -0.4 is 19.6 Å². The fraction of sp³-hybridized carbons (Fsp3) is 0.405. The van der Waals surface area contributed by atoms with Gasteiger partial charge >= 0.3 is 43.4 Å². The first-order chi connectivity index (χ1) is 43.2. The molecule has 0 radical (unpaired) electrons. The Morgan fingerprint density at radius 2 is 0.609 bits per heavy atom. The third-order valence-corrected chi connectivity index (χ3v) is 14.1. The molecule has 488 valence electrons. The molecule has 8 nitrogen and oxygen atoms in total. The molecule has 0 saturated heterocycles. The summed E-state index contributed by atoms with van der Waals surface area (Å²) in [7, 11) is 0. The van der Waals surface area contributed by atoms with Crippen LogP contribution in [0.25, 0.3) is 0 Å². The summed E-state index contributed by atoms with van der Waals surface area (Å²) in [5.74, 6) is -7.33. The van der Waals surface area contributed by atoms with Crippen molar-refractivity contribution < 1.29 is 97.7 Å². The number of halogens is 8. The monoisotopic (exact) mass is 1340 g/mol. The van der Waals surface area contributed by atoms with Crippen LogP contribution in [-0.4, -0.2) is 49.8 Å². The average molecular weight is 1340 g/mol. The molecule has 0 N–H and O–H groups in total. The van der Waals surface area contributed by atoms with Crippen molar-refractivity contribution in [1.82, 2.24) is 0 Å². The Labute approximate surface area is 571 Å². The van der Waals surface area contributed by atoms with Gasteiger partial charge in [-0.15, -0.1) is 98.5 Å². The van der Waals surface area contributed by atoms with Crippen LogP contribution in [0.5, 0.6) is 0 Å². The van der Waals surface area contributed by atoms with Crippen LogP contribution >= 0.6 is 0 Å². The van der Waals surface area contributed by atoms with E-state index in [1.54, 1.807) is 55.4 Å². The van der Waals surface area contributed by atoms with Crippen molar-refractivity contribution in [1.29, 1.82) is 0 Å². The van der Waals surface area contributed by atoms with E-state index in [9.17, 15) is 54.3 Å². The van der Waals surface area contributed by atoms with Crippen molar-refractivity contribution in [2.45, 2.75) is 145 Å². The number of rotatable bonds is 12. The second-order valence-corrected chi connectivity index (χ2v) is 21.3. The molecule has 92 heavy (non-hydrogen) atoms. The largest absolute Gasteiger partial charge is 4.00 e. The van der Waals surface area contributed by atoms with Crippen molar-refractivity contribution in [3.05, 3.63) is 217 Å². The maximum atomic E-state index is 13.7. The molecule has 0 bridgehead atoms. The Balaban J connectivity index is 0.000000551. The Hall–Kier alpha value is -6.45. The van der Waals surface area contributed by atoms with E-state index in [4.69, 9.17) is 0 Å². The van der Waals surface area contributed by atoms with Crippen LogP contribution in [0.15, 0.2) is 121 Å². The third-order valence-electron chi connectivity index (χ3n) is 14.1. The normalized spacial score (nSPS) is 14.3. The van der Waals surface area contributed by atoms with Gasteiger partial charge in [-0.3, -0.25) is 43.5 Å². The van der Waals surface area contributed by atoms with Gasteiger partial charge in [0.15, 0.2) is 0 Å². The van der Waals surface area contributed by atoms with E-state index in [1.165, 1.54) is 43.9 Å². The quantitative estimate of drug-likeness (QED) is 0.0804. The number of anilines is 4. The van der Waals surface area contributed by atoms with Crippen molar-refractivity contribution in [3.63, 3.8) is 0 Å². The fourth-order valence-electron chi connectivity index (χ4n) is 9.48. The van der Waals surface area contributed by atoms with Crippen molar-refractivity contribution in [3.8, 4) is 0 Å². The molecule has 6 aliphatic carbocycles. The summed E-state index contributed by atoms with van der Waals surface area (Å²) in [5, 5.41) is 0. The molecule has 4 aromatic carbocycles. The predicted octanol–water partition coefficient (Wildman–Crippen LogP) is 18.2. The number of benzene rings is 4. The minimum atomic E-state index is -0.837. The maximum absolute atomic E-state index is 13.7. The van der Waals surface area contributed by atoms with E-state index < -0.39 is 46.5 Å². The van der Waals surface area contributed by atoms with Crippen molar-refractivity contribution in [2.24, 2.45) is 23.7 Å². The van der Waals surface area contributed by atoms with Crippen LogP contribution in [0, 0.1) is 119 Å². The van der Waals surface area contributed by atoms with Crippen molar-refractivity contribution >= 4 is 46.4 Å². The van der Waals surface area contributed by atoms with Gasteiger partial charge in [0.05, 0.1) is 0 Å². The van der Waals surface area contributed by atoms with Gasteiger partial charge in [-0.1, -0.05) is 66.2 Å². The predicted molar refractivity (Wildman–Crippen MR) is 342 cm³/mol. The molecule has 10 rings (SSSR count). The molecule has 0 spiro atoms. The van der Waals surface area contributed by atoms with E-state index in [0.717, 1.165) is 114 Å². The number of hydrogen-bond donors (Lipinski definition) is 0. The van der Waals surface area contributed by atoms with E-state index in [-0.39, 0.29) is 113 Å². The van der Waals surface area contributed by atoms with Crippen LogP contribution in [0.4, 0.5) is 57.9 Å². The zero-order valence-electron chi connectivity index (χ0n) is 54.0. The molecule has 0 atom stereocenters. The first kappa shape index (κ1) is 83.6. The van der Waals surface area contributed by atoms with Crippen LogP contribution in [0.1, 0.15) is 145 Å². The van der Waals surface area contributed by atoms with Crippen molar-refractivity contribution in [2.75, 3.05) is 45.8 Å². The molecule has 4 aromatic rings. The molecule has 0 aliphatic heterocycles. The summed E-state index contributed by atoms with van der Waals surface area (Å²) in [6, 6.07) is 17.4. The minimum Gasteiger partial charge on any atom is -0.364 e. The first-order valence-electron chi connectivity index (χ1n) is 30.8. The van der Waals surface area contributed by atoms with Gasteiger partial charge in [0.2, 0.25) is 23.6 Å². The van der Waals surface area contributed by atoms with E-state index in [2.05, 4.69) is 48.6 Å². The Morgan fingerprint density at radius 1 is 0.380 bits per heavy atom. The summed E-state index contributed by atoms with van der Waals surface area (Å²) in [5.41, 5.74) is 0.393. The maximum Gasteiger partial charge on any atom is 4.00 e. The number of hydrogen-bond acceptors (Lipinski definition) is 4. The molecular weight excluding hydrogens is 1260 g/mol. The van der Waals surface area contributed by atoms with Gasteiger partial charge in [0, 0.05) is 96.4 Å². The smallest absolute Gasteiger partial charge is 0.364 e. The van der Waals surface area contributed by atoms with Crippen LogP contribution in [-0.2, 0) is 62.6 Å². The topological polar surface area (TPSA) is 81.2 Å². The summed E-state index contributed by atoms with van der Waals surface area (Å²) in [6.45, 7) is 15.4. The Kier molecular flexibility index (Phi) is 43.1. The average Bonchev–Trinajstić information content (AvgIpc) is 1.39. The van der Waals surface area contributed by atoms with Gasteiger partial charge in [0.1, 0.15) is 0 Å². The number of nitrogens with zero attached hydrogens (tertiary/aromatic N) is 4. The summed E-state index contributed by atoms with van der Waals surface area (Å²) < 4.78 is 105. The number of carbonyl (C=O) groups is 4. The summed E-state index contributed by atoms with van der Waals surface area (Å²) >= 11 is 0. The molecule has 4 amide bonds. The number of amides is 4. The standard InChI is InChI=1S/2C15H18F2NO.2C12H14F2NO.4C5H5.2Ti/c2*1-2-18(14-9-8-12(16)10-13(14)17)15(19)11-6-4-3-5-7-11;2*1-4-15(12(16)8(2)3)11-6-5-9(13)7-10(11)14;4*1-2-4-5-3-1;;/h2*8-9,11H,2-7H2,1H3;2*5-6,8H,4H2,1-3H3;4*1-3H,4H2;;/q8*-1;2*+4. The molecule has 18 heteroatoms. The number of carbonyl (C=O) groups excluding carboxylic acids is 4. The van der Waals surface area contributed by atoms with E-state index in [1.807, 2.05) is 72.9 Å². The molecule has 2 saturated carbocycles. The number of allylic oxidation sites excluding steroid dienone is 16. The molecule has 0 aromatic heterocycles. The van der Waals surface area contributed by atoms with Gasteiger partial charge in [-0.05, 0) is 76.1 Å². The van der Waals surface area contributed by atoms with Gasteiger partial charge in [-0.25, -0.2) is 83.7 Å². The van der Waals surface area contributed by atoms with E-state index >= 15 is 0 Å². The molecule has 0 unspecified atom stereocenters. The third kappa shape index (κ3) is 30.1. The van der Waals surface area contributed by atoms with Crippen LogP contribution in [0.3, 0.4) is 0 Å². The Bertz CT molecular complexity index is 2820. The zero-order chi connectivity index (χ0) is 66.4. The SMILES string of the molecule is CCN(C(=O)C(C)C)c1ccc(F)[c-]c1F.CCN(C(=O)C(C)C)c1ccc(F)[c-]c1F.CCN(C(=O)C1CCCCC1)c1ccc(F)[c-]c1F.CCN(C(=O)C1CCCCC1)c1ccc(F)[c-]c1F.[C-]1=CC=CC1.[C-]1=CC=CC1.[C-]1=CC=CC1.[C-]1=CC=CC1.[Ti+4].[Ti+4]. The van der Waals surface area contributed by atoms with Gasteiger partial charge in [-0.2, -0.15) is 24.3 Å². The van der Waals surface area contributed by atoms with E-state index in [0.29, 0.717) is 26.2 Å². The molecule has 6 aliphatic rings. The summed E-state index contributed by atoms with van der Waals surface area (Å²) in [6.07, 6.45) is 50.0. The van der Waals surface area contributed by atoms with Crippen LogP contribution in [0.2, 0.25) is 0 Å². The molecule has 2 fully saturated rings. The molecular formula is C74H84F8N4O4Ti2. The second kappa shape index (κ2) is 47.4. The minimum absolute atomic E-state index is 0. The molecule has 0 heterocycles. The fourth-order valence-corrected chi connectivity index (χ4v) is 9.48.